The third-order valence-electron chi connectivity index (χ3n) is 5.24. The molecule has 0 spiro atoms. The molecule has 1 saturated heterocycles. The number of nitrogens with zero attached hydrogens (tertiary/aromatic N) is 7. The lowest BCUT2D eigenvalue weighted by Gasteiger charge is -2.19. The number of ether oxygens (including phenoxy) is 2. The Morgan fingerprint density at radius 2 is 1.97 bits per heavy atom. The monoisotopic (exact) mass is 393 g/mol. The van der Waals surface area contributed by atoms with Crippen LogP contribution in [0.3, 0.4) is 0 Å². The summed E-state index contributed by atoms with van der Waals surface area (Å²) in [7, 11) is 3.24. The normalized spacial score (nSPS) is 16.1. The van der Waals surface area contributed by atoms with Crippen LogP contribution in [0.25, 0.3) is 27.3 Å². The molecule has 1 aromatic carbocycles. The summed E-state index contributed by atoms with van der Waals surface area (Å²) in [6, 6.07) is 7.82. The van der Waals surface area contributed by atoms with Crippen LogP contribution < -0.4 is 14.4 Å². The highest BCUT2D eigenvalue weighted by atomic mass is 16.5. The zero-order chi connectivity index (χ0) is 20.5. The Labute approximate surface area is 168 Å². The van der Waals surface area contributed by atoms with Crippen LogP contribution in [0.1, 0.15) is 17.8 Å². The van der Waals surface area contributed by atoms with Crippen LogP contribution >= 0.6 is 0 Å². The molecule has 3 aromatic rings. The molecule has 0 aliphatic carbocycles. The highest BCUT2D eigenvalue weighted by Crippen LogP contribution is 2.35. The van der Waals surface area contributed by atoms with E-state index in [1.165, 1.54) is 0 Å². The Bertz CT molecular complexity index is 1120. The minimum Gasteiger partial charge on any atom is -0.493 e. The molecular formula is C20H23N7O2. The Balaban J connectivity index is 1.85. The van der Waals surface area contributed by atoms with Crippen LogP contribution in [0.4, 0.5) is 5.69 Å². The van der Waals surface area contributed by atoms with E-state index in [9.17, 15) is 0 Å². The largest absolute Gasteiger partial charge is 0.493 e. The lowest BCUT2D eigenvalue weighted by molar-refractivity contribution is 0.355. The summed E-state index contributed by atoms with van der Waals surface area (Å²) >= 11 is 0. The first-order valence-electron chi connectivity index (χ1n) is 9.44. The molecule has 0 amide bonds. The molecule has 0 N–H and O–H groups in total. The van der Waals surface area contributed by atoms with Gasteiger partial charge in [-0.15, -0.1) is 0 Å². The summed E-state index contributed by atoms with van der Waals surface area (Å²) in [6.07, 6.45) is 0.833. The highest BCUT2D eigenvalue weighted by Gasteiger charge is 2.26. The summed E-state index contributed by atoms with van der Waals surface area (Å²) in [6.45, 7) is 5.45. The van der Waals surface area contributed by atoms with Crippen molar-refractivity contribution in [3.05, 3.63) is 46.1 Å². The van der Waals surface area contributed by atoms with E-state index in [4.69, 9.17) is 25.1 Å². The first-order valence-corrected chi connectivity index (χ1v) is 9.44. The fraction of sp³-hybridized carbons (Fsp3) is 0.400. The molecule has 4 rings (SSSR count). The molecule has 2 aromatic heterocycles. The standard InChI is InChI=1S/C20H23N7O2/c1-12-9-16(26-8-7-15(11-26)23-25-21)20-22-13(2)19(27(20)24-12)14-5-6-17(28-3)18(10-14)29-4/h5-6,9-10,15H,7-8,11H2,1-4H3/t15-/m1/s1. The predicted molar refractivity (Wildman–Crippen MR) is 111 cm³/mol. The number of azide groups is 1. The van der Waals surface area contributed by atoms with Gasteiger partial charge in [0.25, 0.3) is 0 Å². The molecule has 0 saturated carbocycles. The molecule has 0 unspecified atom stereocenters. The maximum atomic E-state index is 8.74. The molecule has 0 bridgehead atoms. The maximum Gasteiger partial charge on any atom is 0.178 e. The van der Waals surface area contributed by atoms with E-state index in [2.05, 4.69) is 14.9 Å². The third-order valence-corrected chi connectivity index (χ3v) is 5.24. The maximum absolute atomic E-state index is 8.74. The van der Waals surface area contributed by atoms with Crippen LogP contribution in [0.15, 0.2) is 29.4 Å². The van der Waals surface area contributed by atoms with Crippen molar-refractivity contribution in [3.8, 4) is 22.8 Å². The molecule has 9 heteroatoms. The Morgan fingerprint density at radius 3 is 2.69 bits per heavy atom. The molecule has 29 heavy (non-hydrogen) atoms. The number of hydrogen-bond acceptors (Lipinski definition) is 6. The van der Waals surface area contributed by atoms with E-state index >= 15 is 0 Å². The molecule has 3 heterocycles. The molecule has 9 nitrogen and oxygen atoms in total. The number of rotatable bonds is 5. The summed E-state index contributed by atoms with van der Waals surface area (Å²) in [4.78, 5) is 10.0. The summed E-state index contributed by atoms with van der Waals surface area (Å²) in [5, 5.41) is 8.61. The van der Waals surface area contributed by atoms with Crippen molar-refractivity contribution in [3.63, 3.8) is 0 Å². The van der Waals surface area contributed by atoms with Crippen molar-refractivity contribution < 1.29 is 9.47 Å². The van der Waals surface area contributed by atoms with Gasteiger partial charge >= 0.3 is 0 Å². The lowest BCUT2D eigenvalue weighted by Crippen LogP contribution is -2.22. The summed E-state index contributed by atoms with van der Waals surface area (Å²) < 4.78 is 12.7. The van der Waals surface area contributed by atoms with Gasteiger partial charge in [-0.2, -0.15) is 5.10 Å². The number of fused-ring (bicyclic) bond motifs is 1. The SMILES string of the molecule is COc1ccc(-c2c(C)nc3c(N4CC[C@@H](N=[N+]=[N-])C4)cc(C)nn23)cc1OC. The molecule has 1 aliphatic heterocycles. The number of methoxy groups -OCH3 is 2. The van der Waals surface area contributed by atoms with Crippen molar-refractivity contribution in [1.82, 2.24) is 14.6 Å². The topological polar surface area (TPSA) is 101 Å². The second kappa shape index (κ2) is 7.52. The Morgan fingerprint density at radius 1 is 1.17 bits per heavy atom. The average Bonchev–Trinajstić information content (AvgIpc) is 3.31. The van der Waals surface area contributed by atoms with E-state index in [0.717, 1.165) is 46.9 Å². The first-order chi connectivity index (χ1) is 14.0. The van der Waals surface area contributed by atoms with Gasteiger partial charge in [0, 0.05) is 23.6 Å². The second-order valence-electron chi connectivity index (χ2n) is 7.12. The Kier molecular flexibility index (Phi) is 4.90. The van der Waals surface area contributed by atoms with E-state index in [0.29, 0.717) is 18.0 Å². The number of imidazole rings is 1. The van der Waals surface area contributed by atoms with Gasteiger partial charge in [0.15, 0.2) is 17.1 Å². The molecule has 0 radical (unpaired) electrons. The summed E-state index contributed by atoms with van der Waals surface area (Å²) in [5.41, 5.74) is 14.2. The fourth-order valence-corrected chi connectivity index (χ4v) is 3.91. The van der Waals surface area contributed by atoms with Crippen molar-refractivity contribution >= 4 is 11.3 Å². The number of aromatic nitrogens is 3. The predicted octanol–water partition coefficient (Wildman–Crippen LogP) is 3.92. The van der Waals surface area contributed by atoms with Gasteiger partial charge in [-0.3, -0.25) is 0 Å². The molecule has 1 atom stereocenters. The minimum atomic E-state index is -0.0186. The highest BCUT2D eigenvalue weighted by molar-refractivity contribution is 5.77. The van der Waals surface area contributed by atoms with Gasteiger partial charge in [-0.1, -0.05) is 5.11 Å². The number of aryl methyl sites for hydroxylation is 2. The van der Waals surface area contributed by atoms with Gasteiger partial charge in [-0.25, -0.2) is 9.50 Å². The van der Waals surface area contributed by atoms with Gasteiger partial charge in [0.05, 0.1) is 43.0 Å². The van der Waals surface area contributed by atoms with E-state index in [1.807, 2.05) is 42.6 Å². The quantitative estimate of drug-likeness (QED) is 0.371. The van der Waals surface area contributed by atoms with Gasteiger partial charge < -0.3 is 14.4 Å². The van der Waals surface area contributed by atoms with Crippen LogP contribution in [0.2, 0.25) is 0 Å². The lowest BCUT2D eigenvalue weighted by atomic mass is 10.1. The molecule has 150 valence electrons. The van der Waals surface area contributed by atoms with Crippen LogP contribution in [0, 0.1) is 13.8 Å². The van der Waals surface area contributed by atoms with E-state index in [1.54, 1.807) is 14.2 Å². The van der Waals surface area contributed by atoms with Gasteiger partial charge in [0.2, 0.25) is 0 Å². The average molecular weight is 393 g/mol. The molecule has 1 fully saturated rings. The number of anilines is 1. The van der Waals surface area contributed by atoms with Crippen LogP contribution in [0.5, 0.6) is 11.5 Å². The van der Waals surface area contributed by atoms with Crippen molar-refractivity contribution in [2.75, 3.05) is 32.2 Å². The Hall–Kier alpha value is -3.45. The zero-order valence-corrected chi connectivity index (χ0v) is 17.0. The number of benzene rings is 1. The first kappa shape index (κ1) is 18.9. The smallest absolute Gasteiger partial charge is 0.178 e. The molecular weight excluding hydrogens is 370 g/mol. The van der Waals surface area contributed by atoms with Crippen molar-refractivity contribution in [2.45, 2.75) is 26.3 Å². The number of hydrogen-bond donors (Lipinski definition) is 0. The van der Waals surface area contributed by atoms with E-state index in [-0.39, 0.29) is 6.04 Å². The second-order valence-corrected chi connectivity index (χ2v) is 7.12. The van der Waals surface area contributed by atoms with Gasteiger partial charge in [0.1, 0.15) is 0 Å². The fourth-order valence-electron chi connectivity index (χ4n) is 3.91. The minimum absolute atomic E-state index is 0.0186. The third kappa shape index (κ3) is 3.30. The van der Waals surface area contributed by atoms with Gasteiger partial charge in [-0.05, 0) is 50.1 Å². The van der Waals surface area contributed by atoms with Crippen molar-refractivity contribution in [1.29, 1.82) is 0 Å². The van der Waals surface area contributed by atoms with Crippen molar-refractivity contribution in [2.24, 2.45) is 5.11 Å². The van der Waals surface area contributed by atoms with Crippen LogP contribution in [-0.4, -0.2) is 47.9 Å². The molecule has 1 aliphatic rings. The zero-order valence-electron chi connectivity index (χ0n) is 17.0. The van der Waals surface area contributed by atoms with E-state index < -0.39 is 0 Å². The van der Waals surface area contributed by atoms with Crippen LogP contribution in [-0.2, 0) is 0 Å². The summed E-state index contributed by atoms with van der Waals surface area (Å²) in [5.74, 6) is 1.33.